The van der Waals surface area contributed by atoms with Crippen LogP contribution in [-0.2, 0) is 4.79 Å². The van der Waals surface area contributed by atoms with Crippen molar-refractivity contribution in [2.45, 2.75) is 18.9 Å². The summed E-state index contributed by atoms with van der Waals surface area (Å²) in [4.78, 5) is 22.1. The third-order valence-electron chi connectivity index (χ3n) is 3.87. The van der Waals surface area contributed by atoms with Gasteiger partial charge < -0.3 is 14.4 Å². The summed E-state index contributed by atoms with van der Waals surface area (Å²) in [6.07, 6.45) is 6.29. The van der Waals surface area contributed by atoms with Crippen molar-refractivity contribution in [1.82, 2.24) is 14.9 Å². The Morgan fingerprint density at radius 2 is 2.04 bits per heavy atom. The van der Waals surface area contributed by atoms with Gasteiger partial charge in [-0.3, -0.25) is 9.78 Å². The summed E-state index contributed by atoms with van der Waals surface area (Å²) in [7, 11) is 0. The molecule has 1 saturated heterocycles. The highest BCUT2D eigenvalue weighted by atomic mass is 35.5. The molecule has 0 aliphatic carbocycles. The van der Waals surface area contributed by atoms with Crippen molar-refractivity contribution in [2.24, 2.45) is 0 Å². The van der Waals surface area contributed by atoms with Gasteiger partial charge in [0.1, 0.15) is 11.9 Å². The molecule has 1 aromatic carbocycles. The normalized spacial score (nSPS) is 15.0. The number of carbonyl (C=O) groups is 1. The lowest BCUT2D eigenvalue weighted by molar-refractivity contribution is -0.135. The molecule has 25 heavy (non-hydrogen) atoms. The lowest BCUT2D eigenvalue weighted by Crippen LogP contribution is -2.43. The lowest BCUT2D eigenvalue weighted by Gasteiger charge is -2.31. The standard InChI is InChI=1S/C17H17Cl2N3O3/c18-12-1-2-15(14(19)9-12)24-11-17(23)22-7-3-13(4-8-22)25-16-10-20-5-6-21-16/h1-2,5-6,9-10,13H,3-4,7-8,11H2. The Morgan fingerprint density at radius 1 is 1.24 bits per heavy atom. The quantitative estimate of drug-likeness (QED) is 0.795. The monoisotopic (exact) mass is 381 g/mol. The molecule has 1 aromatic heterocycles. The van der Waals surface area contributed by atoms with Crippen LogP contribution in [0.2, 0.25) is 10.0 Å². The van der Waals surface area contributed by atoms with E-state index in [9.17, 15) is 4.79 Å². The Morgan fingerprint density at radius 3 is 2.72 bits per heavy atom. The third-order valence-corrected chi connectivity index (χ3v) is 4.40. The molecule has 132 valence electrons. The molecule has 0 saturated carbocycles. The fourth-order valence-corrected chi connectivity index (χ4v) is 3.03. The van der Waals surface area contributed by atoms with E-state index >= 15 is 0 Å². The number of nitrogens with zero attached hydrogens (tertiary/aromatic N) is 3. The molecule has 8 heteroatoms. The highest BCUT2D eigenvalue weighted by Crippen LogP contribution is 2.27. The Balaban J connectivity index is 1.45. The van der Waals surface area contributed by atoms with Crippen molar-refractivity contribution < 1.29 is 14.3 Å². The van der Waals surface area contributed by atoms with Crippen LogP contribution in [0.3, 0.4) is 0 Å². The molecular formula is C17H17Cl2N3O3. The van der Waals surface area contributed by atoms with Crippen molar-refractivity contribution >= 4 is 29.1 Å². The van der Waals surface area contributed by atoms with E-state index in [0.29, 0.717) is 34.8 Å². The Bertz CT molecular complexity index is 722. The van der Waals surface area contributed by atoms with Gasteiger partial charge in [0.2, 0.25) is 5.88 Å². The number of amides is 1. The molecule has 0 atom stereocenters. The number of rotatable bonds is 5. The van der Waals surface area contributed by atoms with Crippen LogP contribution in [0.5, 0.6) is 11.6 Å². The van der Waals surface area contributed by atoms with Gasteiger partial charge in [-0.25, -0.2) is 4.98 Å². The third kappa shape index (κ3) is 4.96. The summed E-state index contributed by atoms with van der Waals surface area (Å²) >= 11 is 11.9. The maximum Gasteiger partial charge on any atom is 0.260 e. The SMILES string of the molecule is O=C(COc1ccc(Cl)cc1Cl)N1CCC(Oc2cnccn2)CC1. The first-order valence-electron chi connectivity index (χ1n) is 7.90. The van der Waals surface area contributed by atoms with Gasteiger partial charge in [-0.05, 0) is 18.2 Å². The van der Waals surface area contributed by atoms with Crippen LogP contribution in [-0.4, -0.2) is 46.6 Å². The van der Waals surface area contributed by atoms with Gasteiger partial charge in [0, 0.05) is 43.3 Å². The lowest BCUT2D eigenvalue weighted by atomic mass is 10.1. The molecule has 6 nitrogen and oxygen atoms in total. The smallest absolute Gasteiger partial charge is 0.260 e. The molecule has 1 aliphatic rings. The van der Waals surface area contributed by atoms with Gasteiger partial charge in [-0.2, -0.15) is 0 Å². The number of hydrogen-bond acceptors (Lipinski definition) is 5. The van der Waals surface area contributed by atoms with E-state index in [0.717, 1.165) is 12.8 Å². The Hall–Kier alpha value is -2.05. The maximum atomic E-state index is 12.3. The Kier molecular flexibility index (Phi) is 5.94. The highest BCUT2D eigenvalue weighted by molar-refractivity contribution is 6.35. The predicted molar refractivity (Wildman–Crippen MR) is 94.2 cm³/mol. The molecule has 2 heterocycles. The van der Waals surface area contributed by atoms with Crippen LogP contribution in [0, 0.1) is 0 Å². The summed E-state index contributed by atoms with van der Waals surface area (Å²) in [6.45, 7) is 1.17. The summed E-state index contributed by atoms with van der Waals surface area (Å²) in [5, 5.41) is 0.908. The minimum Gasteiger partial charge on any atom is -0.482 e. The van der Waals surface area contributed by atoms with Gasteiger partial charge in [-0.15, -0.1) is 0 Å². The van der Waals surface area contributed by atoms with Crippen LogP contribution in [0.4, 0.5) is 0 Å². The van der Waals surface area contributed by atoms with E-state index in [2.05, 4.69) is 9.97 Å². The minimum absolute atomic E-state index is 0.0346. The maximum absolute atomic E-state index is 12.3. The van der Waals surface area contributed by atoms with Crippen LogP contribution >= 0.6 is 23.2 Å². The van der Waals surface area contributed by atoms with Gasteiger partial charge in [0.05, 0.1) is 11.2 Å². The molecule has 1 amide bonds. The zero-order chi connectivity index (χ0) is 17.6. The number of carbonyl (C=O) groups excluding carboxylic acids is 1. The van der Waals surface area contributed by atoms with Crippen LogP contribution < -0.4 is 9.47 Å². The predicted octanol–water partition coefficient (Wildman–Crippen LogP) is 3.23. The van der Waals surface area contributed by atoms with Crippen molar-refractivity contribution in [3.63, 3.8) is 0 Å². The topological polar surface area (TPSA) is 64.5 Å². The van der Waals surface area contributed by atoms with E-state index in [1.165, 1.54) is 0 Å². The number of likely N-dealkylation sites (tertiary alicyclic amines) is 1. The van der Waals surface area contributed by atoms with E-state index in [1.807, 2.05) is 0 Å². The first-order chi connectivity index (χ1) is 12.1. The average molecular weight is 382 g/mol. The summed E-state index contributed by atoms with van der Waals surface area (Å²) in [5.74, 6) is 0.872. The molecular weight excluding hydrogens is 365 g/mol. The van der Waals surface area contributed by atoms with Crippen molar-refractivity contribution in [2.75, 3.05) is 19.7 Å². The Labute approximate surface area is 155 Å². The summed E-state index contributed by atoms with van der Waals surface area (Å²) in [6, 6.07) is 4.90. The molecule has 1 aliphatic heterocycles. The van der Waals surface area contributed by atoms with Crippen molar-refractivity contribution in [1.29, 1.82) is 0 Å². The van der Waals surface area contributed by atoms with Crippen LogP contribution in [0.1, 0.15) is 12.8 Å². The number of halogens is 2. The number of aromatic nitrogens is 2. The van der Waals surface area contributed by atoms with E-state index in [1.54, 1.807) is 41.7 Å². The summed E-state index contributed by atoms with van der Waals surface area (Å²) in [5.41, 5.74) is 0. The highest BCUT2D eigenvalue weighted by Gasteiger charge is 2.24. The average Bonchev–Trinajstić information content (AvgIpc) is 2.62. The molecule has 0 radical (unpaired) electrons. The number of piperidine rings is 1. The van der Waals surface area contributed by atoms with Gasteiger partial charge in [0.25, 0.3) is 5.91 Å². The minimum atomic E-state index is -0.0797. The fraction of sp³-hybridized carbons (Fsp3) is 0.353. The number of hydrogen-bond donors (Lipinski definition) is 0. The molecule has 2 aromatic rings. The second-order valence-electron chi connectivity index (χ2n) is 5.61. The molecule has 0 bridgehead atoms. The molecule has 3 rings (SSSR count). The largest absolute Gasteiger partial charge is 0.482 e. The second-order valence-corrected chi connectivity index (χ2v) is 6.45. The van der Waals surface area contributed by atoms with Gasteiger partial charge in [0.15, 0.2) is 6.61 Å². The fourth-order valence-electron chi connectivity index (χ4n) is 2.56. The zero-order valence-corrected chi connectivity index (χ0v) is 14.9. The first kappa shape index (κ1) is 17.8. The molecule has 0 N–H and O–H groups in total. The first-order valence-corrected chi connectivity index (χ1v) is 8.66. The van der Waals surface area contributed by atoms with E-state index < -0.39 is 0 Å². The van der Waals surface area contributed by atoms with Crippen LogP contribution in [0.25, 0.3) is 0 Å². The van der Waals surface area contributed by atoms with Gasteiger partial charge in [-0.1, -0.05) is 23.2 Å². The molecule has 0 unspecified atom stereocenters. The van der Waals surface area contributed by atoms with Gasteiger partial charge >= 0.3 is 0 Å². The summed E-state index contributed by atoms with van der Waals surface area (Å²) < 4.78 is 11.3. The molecule has 1 fully saturated rings. The van der Waals surface area contributed by atoms with E-state index in [4.69, 9.17) is 32.7 Å². The number of ether oxygens (including phenoxy) is 2. The second kappa shape index (κ2) is 8.36. The molecule has 0 spiro atoms. The number of benzene rings is 1. The van der Waals surface area contributed by atoms with Crippen LogP contribution in [0.15, 0.2) is 36.8 Å². The van der Waals surface area contributed by atoms with Crippen molar-refractivity contribution in [3.8, 4) is 11.6 Å². The van der Waals surface area contributed by atoms with Crippen molar-refractivity contribution in [3.05, 3.63) is 46.8 Å². The van der Waals surface area contributed by atoms with E-state index in [-0.39, 0.29) is 18.6 Å². The zero-order valence-electron chi connectivity index (χ0n) is 13.4.